The lowest BCUT2D eigenvalue weighted by molar-refractivity contribution is 0.429. The van der Waals surface area contributed by atoms with E-state index in [0.717, 1.165) is 24.8 Å². The Morgan fingerprint density at radius 2 is 2.12 bits per heavy atom. The molecule has 2 aliphatic rings. The normalized spacial score (nSPS) is 25.1. The van der Waals surface area contributed by atoms with Crippen LogP contribution in [0.15, 0.2) is 4.99 Å². The second-order valence-corrected chi connectivity index (χ2v) is 5.52. The highest BCUT2D eigenvalue weighted by atomic mass is 15.2. The topological polar surface area (TPSA) is 36.4 Å². The van der Waals surface area contributed by atoms with Crippen LogP contribution in [0.5, 0.6) is 0 Å². The Hall–Kier alpha value is -0.730. The second kappa shape index (κ2) is 4.64. The van der Waals surface area contributed by atoms with Crippen LogP contribution in [0.4, 0.5) is 0 Å². The van der Waals surface area contributed by atoms with Crippen molar-refractivity contribution in [2.75, 3.05) is 13.6 Å². The van der Waals surface area contributed by atoms with Crippen molar-refractivity contribution in [3.8, 4) is 0 Å². The monoisotopic (exact) mass is 223 g/mol. The summed E-state index contributed by atoms with van der Waals surface area (Å²) in [6.07, 6.45) is 6.89. The van der Waals surface area contributed by atoms with Crippen molar-refractivity contribution in [2.45, 2.75) is 52.0 Å². The van der Waals surface area contributed by atoms with Crippen molar-refractivity contribution < 1.29 is 0 Å². The van der Waals surface area contributed by atoms with Crippen LogP contribution in [0.2, 0.25) is 0 Å². The number of hydrogen-bond acceptors (Lipinski definition) is 1. The highest BCUT2D eigenvalue weighted by Crippen LogP contribution is 2.60. The quantitative estimate of drug-likeness (QED) is 0.553. The number of aliphatic imine (C=N–C) groups is 1. The second-order valence-electron chi connectivity index (χ2n) is 5.52. The average molecular weight is 223 g/mol. The molecule has 0 heterocycles. The minimum absolute atomic E-state index is 0.502. The van der Waals surface area contributed by atoms with Gasteiger partial charge in [-0.1, -0.05) is 6.92 Å². The Morgan fingerprint density at radius 3 is 2.56 bits per heavy atom. The van der Waals surface area contributed by atoms with Crippen LogP contribution in [0.25, 0.3) is 0 Å². The predicted molar refractivity (Wildman–Crippen MR) is 68.6 cm³/mol. The number of nitrogens with one attached hydrogen (secondary N) is 2. The fraction of sp³-hybridized carbons (Fsp3) is 0.923. The summed E-state index contributed by atoms with van der Waals surface area (Å²) in [6, 6.07) is 0.502. The summed E-state index contributed by atoms with van der Waals surface area (Å²) in [5.74, 6) is 1.99. The smallest absolute Gasteiger partial charge is 0.191 e. The highest BCUT2D eigenvalue weighted by molar-refractivity contribution is 5.80. The molecule has 2 aliphatic carbocycles. The summed E-state index contributed by atoms with van der Waals surface area (Å²) in [7, 11) is 1.86. The standard InChI is InChI=1S/C13H25N3/c1-4-10(2)16-12(14-3)15-9-13(7-8-13)11-5-6-11/h10-11H,4-9H2,1-3H3,(H2,14,15,16). The van der Waals surface area contributed by atoms with E-state index in [1.54, 1.807) is 0 Å². The summed E-state index contributed by atoms with van der Waals surface area (Å²) < 4.78 is 0. The Bertz CT molecular complexity index is 264. The Labute approximate surface area is 99.1 Å². The first-order chi connectivity index (χ1) is 7.70. The van der Waals surface area contributed by atoms with Crippen molar-refractivity contribution in [3.05, 3.63) is 0 Å². The van der Waals surface area contributed by atoms with Crippen molar-refractivity contribution >= 4 is 5.96 Å². The number of nitrogens with zero attached hydrogens (tertiary/aromatic N) is 1. The van der Waals surface area contributed by atoms with Crippen molar-refractivity contribution in [1.29, 1.82) is 0 Å². The number of rotatable bonds is 5. The van der Waals surface area contributed by atoms with Gasteiger partial charge in [0.25, 0.3) is 0 Å². The lowest BCUT2D eigenvalue weighted by Gasteiger charge is -2.20. The van der Waals surface area contributed by atoms with Crippen LogP contribution in [0.3, 0.4) is 0 Å². The molecule has 2 saturated carbocycles. The number of guanidine groups is 1. The SMILES string of the molecule is CCC(C)NC(=NC)NCC1(C2CC2)CC1. The molecule has 0 radical (unpaired) electrons. The molecular weight excluding hydrogens is 198 g/mol. The maximum absolute atomic E-state index is 4.28. The maximum atomic E-state index is 4.28. The van der Waals surface area contributed by atoms with Gasteiger partial charge in [-0.3, -0.25) is 4.99 Å². The van der Waals surface area contributed by atoms with Crippen molar-refractivity contribution in [3.63, 3.8) is 0 Å². The van der Waals surface area contributed by atoms with Crippen LogP contribution in [-0.4, -0.2) is 25.6 Å². The van der Waals surface area contributed by atoms with Gasteiger partial charge in [0.05, 0.1) is 0 Å². The molecule has 1 unspecified atom stereocenters. The van der Waals surface area contributed by atoms with E-state index in [1.807, 2.05) is 7.05 Å². The molecule has 2 N–H and O–H groups in total. The van der Waals surface area contributed by atoms with Gasteiger partial charge < -0.3 is 10.6 Å². The zero-order valence-electron chi connectivity index (χ0n) is 10.8. The van der Waals surface area contributed by atoms with Crippen LogP contribution >= 0.6 is 0 Å². The van der Waals surface area contributed by atoms with Gasteiger partial charge in [0.2, 0.25) is 0 Å². The fourth-order valence-corrected chi connectivity index (χ4v) is 2.38. The Balaban J connectivity index is 1.75. The third kappa shape index (κ3) is 2.69. The van der Waals surface area contributed by atoms with E-state index < -0.39 is 0 Å². The van der Waals surface area contributed by atoms with Crippen LogP contribution in [-0.2, 0) is 0 Å². The predicted octanol–water partition coefficient (Wildman–Crippen LogP) is 2.14. The van der Waals surface area contributed by atoms with Gasteiger partial charge in [-0.15, -0.1) is 0 Å². The van der Waals surface area contributed by atoms with Gasteiger partial charge in [0.1, 0.15) is 0 Å². The molecule has 0 saturated heterocycles. The molecule has 2 fully saturated rings. The molecule has 2 rings (SSSR count). The maximum Gasteiger partial charge on any atom is 0.191 e. The van der Waals surface area contributed by atoms with Crippen molar-refractivity contribution in [2.24, 2.45) is 16.3 Å². The Kier molecular flexibility index (Phi) is 3.41. The minimum atomic E-state index is 0.502. The van der Waals surface area contributed by atoms with E-state index in [0.29, 0.717) is 11.5 Å². The molecule has 0 amide bonds. The molecule has 0 bridgehead atoms. The molecule has 3 heteroatoms. The molecule has 92 valence electrons. The minimum Gasteiger partial charge on any atom is -0.356 e. The zero-order valence-corrected chi connectivity index (χ0v) is 10.8. The largest absolute Gasteiger partial charge is 0.356 e. The first-order valence-corrected chi connectivity index (χ1v) is 6.67. The van der Waals surface area contributed by atoms with Gasteiger partial charge >= 0.3 is 0 Å². The molecule has 0 aliphatic heterocycles. The van der Waals surface area contributed by atoms with Gasteiger partial charge in [-0.2, -0.15) is 0 Å². The third-order valence-corrected chi connectivity index (χ3v) is 4.16. The fourth-order valence-electron chi connectivity index (χ4n) is 2.38. The summed E-state index contributed by atoms with van der Waals surface area (Å²) in [5.41, 5.74) is 0.646. The van der Waals surface area contributed by atoms with Crippen LogP contribution < -0.4 is 10.6 Å². The van der Waals surface area contributed by atoms with Gasteiger partial charge in [-0.05, 0) is 50.4 Å². The first kappa shape index (κ1) is 11.7. The molecule has 0 aromatic carbocycles. The summed E-state index contributed by atoms with van der Waals surface area (Å²) >= 11 is 0. The van der Waals surface area contributed by atoms with E-state index in [2.05, 4.69) is 29.5 Å². The lowest BCUT2D eigenvalue weighted by Crippen LogP contribution is -2.44. The summed E-state index contributed by atoms with van der Waals surface area (Å²) in [6.45, 7) is 5.51. The van der Waals surface area contributed by atoms with E-state index in [1.165, 1.54) is 25.7 Å². The molecule has 0 spiro atoms. The van der Waals surface area contributed by atoms with Gasteiger partial charge in [0.15, 0.2) is 5.96 Å². The lowest BCUT2D eigenvalue weighted by atomic mass is 10.0. The molecular formula is C13H25N3. The summed E-state index contributed by atoms with van der Waals surface area (Å²) in [5, 5.41) is 6.91. The molecule has 0 aromatic rings. The Morgan fingerprint density at radius 1 is 1.44 bits per heavy atom. The van der Waals surface area contributed by atoms with Crippen LogP contribution in [0.1, 0.15) is 46.0 Å². The molecule has 1 atom stereocenters. The van der Waals surface area contributed by atoms with E-state index in [-0.39, 0.29) is 0 Å². The zero-order chi connectivity index (χ0) is 11.6. The van der Waals surface area contributed by atoms with Gasteiger partial charge in [-0.25, -0.2) is 0 Å². The van der Waals surface area contributed by atoms with Crippen LogP contribution in [0, 0.1) is 11.3 Å². The highest BCUT2D eigenvalue weighted by Gasteiger charge is 2.53. The van der Waals surface area contributed by atoms with Crippen molar-refractivity contribution in [1.82, 2.24) is 10.6 Å². The van der Waals surface area contributed by atoms with E-state index in [4.69, 9.17) is 0 Å². The molecule has 3 nitrogen and oxygen atoms in total. The average Bonchev–Trinajstić information content (AvgIpc) is 3.16. The molecule has 16 heavy (non-hydrogen) atoms. The first-order valence-electron chi connectivity index (χ1n) is 6.67. The van der Waals surface area contributed by atoms with Gasteiger partial charge in [0, 0.05) is 19.6 Å². The van der Waals surface area contributed by atoms with E-state index >= 15 is 0 Å². The van der Waals surface area contributed by atoms with E-state index in [9.17, 15) is 0 Å². The number of hydrogen-bond donors (Lipinski definition) is 2. The molecule has 0 aromatic heterocycles. The summed E-state index contributed by atoms with van der Waals surface area (Å²) in [4.78, 5) is 4.28. The third-order valence-electron chi connectivity index (χ3n) is 4.16.